The molecule has 5 heteroatoms. The van der Waals surface area contributed by atoms with Crippen molar-refractivity contribution in [2.75, 3.05) is 13.7 Å². The van der Waals surface area contributed by atoms with Crippen LogP contribution in [0.25, 0.3) is 0 Å². The molecule has 4 nitrogen and oxygen atoms in total. The van der Waals surface area contributed by atoms with Crippen LogP contribution in [0.3, 0.4) is 0 Å². The molecule has 1 aliphatic carbocycles. The highest BCUT2D eigenvalue weighted by Gasteiger charge is 2.40. The number of halogens is 1. The van der Waals surface area contributed by atoms with E-state index in [2.05, 4.69) is 28.0 Å². The van der Waals surface area contributed by atoms with Gasteiger partial charge in [-0.25, -0.2) is 0 Å². The second kappa shape index (κ2) is 4.85. The van der Waals surface area contributed by atoms with Crippen LogP contribution < -0.4 is 5.73 Å². The van der Waals surface area contributed by atoms with E-state index < -0.39 is 0 Å². The molecule has 2 rings (SSSR count). The van der Waals surface area contributed by atoms with Gasteiger partial charge in [-0.2, -0.15) is 5.10 Å². The zero-order valence-electron chi connectivity index (χ0n) is 9.69. The predicted molar refractivity (Wildman–Crippen MR) is 66.0 cm³/mol. The number of nitrogens with zero attached hydrogens (tertiary/aromatic N) is 2. The summed E-state index contributed by atoms with van der Waals surface area (Å²) in [7, 11) is 1.70. The summed E-state index contributed by atoms with van der Waals surface area (Å²) in [6, 6.07) is 0.0868. The Morgan fingerprint density at radius 3 is 3.00 bits per heavy atom. The first-order chi connectivity index (χ1) is 7.65. The average molecular weight is 288 g/mol. The Hall–Kier alpha value is -0.390. The van der Waals surface area contributed by atoms with Crippen LogP contribution >= 0.6 is 15.9 Å². The summed E-state index contributed by atoms with van der Waals surface area (Å²) in [6.45, 7) is 3.66. The second-order valence-corrected chi connectivity index (χ2v) is 5.35. The molecular weight excluding hydrogens is 270 g/mol. The van der Waals surface area contributed by atoms with Gasteiger partial charge in [-0.15, -0.1) is 0 Å². The molecule has 2 N–H and O–H groups in total. The van der Waals surface area contributed by atoms with Crippen molar-refractivity contribution in [1.29, 1.82) is 0 Å². The lowest BCUT2D eigenvalue weighted by molar-refractivity contribution is 0.181. The first-order valence-electron chi connectivity index (χ1n) is 5.61. The number of aromatic nitrogens is 2. The number of hydrogen-bond donors (Lipinski definition) is 1. The lowest BCUT2D eigenvalue weighted by atomic mass is 10.1. The predicted octanol–water partition coefficient (Wildman–Crippen LogP) is 1.95. The van der Waals surface area contributed by atoms with Crippen molar-refractivity contribution in [1.82, 2.24) is 9.78 Å². The fraction of sp³-hybridized carbons (Fsp3) is 0.727. The molecule has 1 aliphatic rings. The minimum Gasteiger partial charge on any atom is -0.383 e. The topological polar surface area (TPSA) is 53.1 Å². The minimum absolute atomic E-state index is 0.0868. The number of methoxy groups -OCH3 is 1. The maximum atomic E-state index is 6.28. The molecule has 3 unspecified atom stereocenters. The highest BCUT2D eigenvalue weighted by molar-refractivity contribution is 9.10. The molecule has 0 amide bonds. The molecule has 1 saturated carbocycles. The average Bonchev–Trinajstić information content (AvgIpc) is 2.87. The third-order valence-electron chi connectivity index (χ3n) is 3.29. The summed E-state index contributed by atoms with van der Waals surface area (Å²) < 4.78 is 8.03. The van der Waals surface area contributed by atoms with Crippen molar-refractivity contribution in [3.05, 3.63) is 16.4 Å². The van der Waals surface area contributed by atoms with Crippen LogP contribution in [-0.4, -0.2) is 23.5 Å². The van der Waals surface area contributed by atoms with Crippen molar-refractivity contribution in [2.24, 2.45) is 17.6 Å². The molecule has 0 aliphatic heterocycles. The van der Waals surface area contributed by atoms with Crippen LogP contribution in [0.15, 0.2) is 10.7 Å². The third-order valence-corrected chi connectivity index (χ3v) is 3.90. The maximum Gasteiger partial charge on any atom is 0.0697 e. The first-order valence-corrected chi connectivity index (χ1v) is 6.40. The van der Waals surface area contributed by atoms with E-state index >= 15 is 0 Å². The van der Waals surface area contributed by atoms with Gasteiger partial charge in [0.15, 0.2) is 0 Å². The zero-order valence-corrected chi connectivity index (χ0v) is 11.3. The van der Waals surface area contributed by atoms with Crippen LogP contribution in [0.5, 0.6) is 0 Å². The Labute approximate surface area is 104 Å². The van der Waals surface area contributed by atoms with E-state index in [-0.39, 0.29) is 6.04 Å². The van der Waals surface area contributed by atoms with Crippen LogP contribution in [0.2, 0.25) is 0 Å². The van der Waals surface area contributed by atoms with Gasteiger partial charge in [0.2, 0.25) is 0 Å². The van der Waals surface area contributed by atoms with E-state index in [9.17, 15) is 0 Å². The Morgan fingerprint density at radius 1 is 1.75 bits per heavy atom. The van der Waals surface area contributed by atoms with Crippen LogP contribution in [0.4, 0.5) is 0 Å². The summed E-state index contributed by atoms with van der Waals surface area (Å²) >= 11 is 3.52. The fourth-order valence-corrected chi connectivity index (χ4v) is 2.67. The highest BCUT2D eigenvalue weighted by Crippen LogP contribution is 2.46. The van der Waals surface area contributed by atoms with E-state index in [1.165, 1.54) is 6.42 Å². The minimum atomic E-state index is 0.0868. The van der Waals surface area contributed by atoms with Crippen LogP contribution in [0, 0.1) is 11.8 Å². The van der Waals surface area contributed by atoms with E-state index in [0.29, 0.717) is 12.5 Å². The van der Waals surface area contributed by atoms with Crippen molar-refractivity contribution >= 4 is 15.9 Å². The largest absolute Gasteiger partial charge is 0.383 e. The van der Waals surface area contributed by atoms with E-state index in [1.54, 1.807) is 7.11 Å². The zero-order chi connectivity index (χ0) is 11.7. The number of nitrogens with two attached hydrogens (primary N) is 1. The van der Waals surface area contributed by atoms with E-state index in [4.69, 9.17) is 10.5 Å². The summed E-state index contributed by atoms with van der Waals surface area (Å²) in [6.07, 6.45) is 3.04. The number of hydrogen-bond acceptors (Lipinski definition) is 3. The molecule has 0 radical (unpaired) electrons. The summed E-state index contributed by atoms with van der Waals surface area (Å²) in [4.78, 5) is 0. The standard InChI is InChI=1S/C11H18BrN3O/c1-7-5-8(7)10(13)11-9(12)6-14-15(11)3-4-16-2/h6-8,10H,3-5,13H2,1-2H3. The first kappa shape index (κ1) is 12.1. The van der Waals surface area contributed by atoms with Gasteiger partial charge in [-0.3, -0.25) is 4.68 Å². The molecule has 1 fully saturated rings. The molecule has 1 aromatic heterocycles. The van der Waals surface area contributed by atoms with Gasteiger partial charge >= 0.3 is 0 Å². The Morgan fingerprint density at radius 2 is 2.44 bits per heavy atom. The van der Waals surface area contributed by atoms with Crippen LogP contribution in [-0.2, 0) is 11.3 Å². The molecule has 16 heavy (non-hydrogen) atoms. The third kappa shape index (κ3) is 2.31. The van der Waals surface area contributed by atoms with Gasteiger partial charge in [0, 0.05) is 7.11 Å². The summed E-state index contributed by atoms with van der Waals surface area (Å²) in [5.74, 6) is 1.35. The van der Waals surface area contributed by atoms with Crippen molar-refractivity contribution in [3.8, 4) is 0 Å². The van der Waals surface area contributed by atoms with Gasteiger partial charge in [0.1, 0.15) is 0 Å². The molecule has 0 aromatic carbocycles. The Balaban J connectivity index is 2.14. The smallest absolute Gasteiger partial charge is 0.0697 e. The van der Waals surface area contributed by atoms with Crippen molar-refractivity contribution < 1.29 is 4.74 Å². The van der Waals surface area contributed by atoms with Gasteiger partial charge in [-0.05, 0) is 34.2 Å². The molecule has 1 aromatic rings. The summed E-state index contributed by atoms with van der Waals surface area (Å²) in [5, 5.41) is 4.32. The molecule has 0 spiro atoms. The Bertz CT molecular complexity index is 366. The van der Waals surface area contributed by atoms with Gasteiger partial charge < -0.3 is 10.5 Å². The number of ether oxygens (including phenoxy) is 1. The van der Waals surface area contributed by atoms with Crippen molar-refractivity contribution in [3.63, 3.8) is 0 Å². The monoisotopic (exact) mass is 287 g/mol. The molecule has 0 saturated heterocycles. The fourth-order valence-electron chi connectivity index (χ4n) is 2.11. The lowest BCUT2D eigenvalue weighted by Crippen LogP contribution is -2.20. The Kier molecular flexibility index (Phi) is 3.66. The van der Waals surface area contributed by atoms with E-state index in [0.717, 1.165) is 22.6 Å². The normalized spacial score (nSPS) is 25.8. The lowest BCUT2D eigenvalue weighted by Gasteiger charge is -2.14. The molecule has 0 bridgehead atoms. The van der Waals surface area contributed by atoms with Gasteiger partial charge in [0.05, 0.1) is 35.6 Å². The van der Waals surface area contributed by atoms with Crippen LogP contribution in [0.1, 0.15) is 25.1 Å². The quantitative estimate of drug-likeness (QED) is 0.901. The SMILES string of the molecule is COCCn1ncc(Br)c1C(N)C1CC1C. The van der Waals surface area contributed by atoms with Gasteiger partial charge in [0.25, 0.3) is 0 Å². The van der Waals surface area contributed by atoms with Crippen molar-refractivity contribution in [2.45, 2.75) is 25.9 Å². The summed E-state index contributed by atoms with van der Waals surface area (Å²) in [5.41, 5.74) is 7.38. The van der Waals surface area contributed by atoms with E-state index in [1.807, 2.05) is 10.9 Å². The van der Waals surface area contributed by atoms with Gasteiger partial charge in [-0.1, -0.05) is 6.92 Å². The molecule has 1 heterocycles. The highest BCUT2D eigenvalue weighted by atomic mass is 79.9. The maximum absolute atomic E-state index is 6.28. The number of rotatable bonds is 5. The molecule has 3 atom stereocenters. The molecule has 90 valence electrons. The molecular formula is C11H18BrN3O. The second-order valence-electron chi connectivity index (χ2n) is 4.50.